The molecule has 80 valence electrons. The maximum absolute atomic E-state index is 11.4. The van der Waals surface area contributed by atoms with Gasteiger partial charge in [0.15, 0.2) is 0 Å². The highest BCUT2D eigenvalue weighted by Crippen LogP contribution is 2.06. The summed E-state index contributed by atoms with van der Waals surface area (Å²) in [6.45, 7) is 6.20. The SMILES string of the molecule is CCCCCS(=O)(=O)CCC(C)C. The van der Waals surface area contributed by atoms with Crippen molar-refractivity contribution in [2.75, 3.05) is 11.5 Å². The van der Waals surface area contributed by atoms with Crippen molar-refractivity contribution in [2.45, 2.75) is 46.5 Å². The first-order valence-electron chi connectivity index (χ1n) is 5.18. The van der Waals surface area contributed by atoms with Crippen molar-refractivity contribution in [2.24, 2.45) is 5.92 Å². The van der Waals surface area contributed by atoms with Crippen LogP contribution in [0.2, 0.25) is 0 Å². The lowest BCUT2D eigenvalue weighted by molar-refractivity contribution is 0.570. The molecule has 0 saturated heterocycles. The van der Waals surface area contributed by atoms with Crippen molar-refractivity contribution in [1.29, 1.82) is 0 Å². The molecule has 0 N–H and O–H groups in total. The molecule has 0 aliphatic carbocycles. The van der Waals surface area contributed by atoms with Gasteiger partial charge in [-0.2, -0.15) is 0 Å². The lowest BCUT2D eigenvalue weighted by Gasteiger charge is -2.05. The Balaban J connectivity index is 3.68. The van der Waals surface area contributed by atoms with E-state index in [0.717, 1.165) is 25.7 Å². The first-order chi connectivity index (χ1) is 5.98. The smallest absolute Gasteiger partial charge is 0.150 e. The van der Waals surface area contributed by atoms with Crippen LogP contribution in [0.15, 0.2) is 0 Å². The lowest BCUT2D eigenvalue weighted by Crippen LogP contribution is -2.12. The zero-order chi connectivity index (χ0) is 10.3. The number of unbranched alkanes of at least 4 members (excludes halogenated alkanes) is 2. The minimum atomic E-state index is -2.75. The first kappa shape index (κ1) is 12.9. The monoisotopic (exact) mass is 206 g/mol. The van der Waals surface area contributed by atoms with Gasteiger partial charge in [0.1, 0.15) is 9.84 Å². The van der Waals surface area contributed by atoms with E-state index < -0.39 is 9.84 Å². The Morgan fingerprint density at radius 1 is 1.08 bits per heavy atom. The third-order valence-corrected chi connectivity index (χ3v) is 3.83. The van der Waals surface area contributed by atoms with Crippen molar-refractivity contribution in [1.82, 2.24) is 0 Å². The zero-order valence-electron chi connectivity index (χ0n) is 9.04. The summed E-state index contributed by atoms with van der Waals surface area (Å²) < 4.78 is 22.8. The van der Waals surface area contributed by atoms with E-state index in [1.165, 1.54) is 0 Å². The molecule has 0 rings (SSSR count). The van der Waals surface area contributed by atoms with Crippen molar-refractivity contribution in [3.63, 3.8) is 0 Å². The molecule has 13 heavy (non-hydrogen) atoms. The van der Waals surface area contributed by atoms with E-state index >= 15 is 0 Å². The van der Waals surface area contributed by atoms with Crippen LogP contribution in [0.1, 0.15) is 46.5 Å². The van der Waals surface area contributed by atoms with Gasteiger partial charge in [-0.1, -0.05) is 33.6 Å². The van der Waals surface area contributed by atoms with E-state index in [0.29, 0.717) is 17.4 Å². The molecule has 0 aliphatic heterocycles. The molecule has 0 spiro atoms. The average molecular weight is 206 g/mol. The third kappa shape index (κ3) is 8.28. The van der Waals surface area contributed by atoms with Crippen LogP contribution in [-0.2, 0) is 9.84 Å². The first-order valence-corrected chi connectivity index (χ1v) is 7.00. The van der Waals surface area contributed by atoms with Gasteiger partial charge >= 0.3 is 0 Å². The topological polar surface area (TPSA) is 34.1 Å². The van der Waals surface area contributed by atoms with Crippen LogP contribution in [0.5, 0.6) is 0 Å². The molecule has 0 amide bonds. The standard InChI is InChI=1S/C10H22O2S/c1-4-5-6-8-13(11,12)9-7-10(2)3/h10H,4-9H2,1-3H3. The van der Waals surface area contributed by atoms with Crippen LogP contribution >= 0.6 is 0 Å². The summed E-state index contributed by atoms with van der Waals surface area (Å²) in [5.74, 6) is 1.24. The predicted molar refractivity (Wildman–Crippen MR) is 57.6 cm³/mol. The van der Waals surface area contributed by atoms with Gasteiger partial charge in [-0.25, -0.2) is 8.42 Å². The summed E-state index contributed by atoms with van der Waals surface area (Å²) in [4.78, 5) is 0. The van der Waals surface area contributed by atoms with Crippen LogP contribution in [0.4, 0.5) is 0 Å². The van der Waals surface area contributed by atoms with Crippen LogP contribution < -0.4 is 0 Å². The summed E-state index contributed by atoms with van der Waals surface area (Å²) in [5.41, 5.74) is 0. The van der Waals surface area contributed by atoms with Crippen molar-refractivity contribution in [3.8, 4) is 0 Å². The highest BCUT2D eigenvalue weighted by atomic mass is 32.2. The van der Waals surface area contributed by atoms with E-state index in [4.69, 9.17) is 0 Å². The van der Waals surface area contributed by atoms with Gasteiger partial charge in [-0.05, 0) is 18.8 Å². The Morgan fingerprint density at radius 2 is 1.69 bits per heavy atom. The summed E-state index contributed by atoms with van der Waals surface area (Å²) in [6, 6.07) is 0. The minimum absolute atomic E-state index is 0.369. The molecule has 0 fully saturated rings. The Bertz CT molecular complexity index is 205. The Morgan fingerprint density at radius 3 is 2.15 bits per heavy atom. The summed E-state index contributed by atoms with van der Waals surface area (Å²) in [5, 5.41) is 0. The highest BCUT2D eigenvalue weighted by molar-refractivity contribution is 7.91. The molecule has 0 aromatic rings. The molecule has 0 bridgehead atoms. The van der Waals surface area contributed by atoms with E-state index in [9.17, 15) is 8.42 Å². The maximum Gasteiger partial charge on any atom is 0.150 e. The predicted octanol–water partition coefficient (Wildman–Crippen LogP) is 2.64. The molecule has 0 aromatic carbocycles. The van der Waals surface area contributed by atoms with Crippen LogP contribution in [0, 0.1) is 5.92 Å². The molecular formula is C10H22O2S. The Kier molecular flexibility index (Phi) is 6.39. The molecule has 0 aromatic heterocycles. The molecule has 0 unspecified atom stereocenters. The van der Waals surface area contributed by atoms with Crippen molar-refractivity contribution < 1.29 is 8.42 Å². The molecular weight excluding hydrogens is 184 g/mol. The van der Waals surface area contributed by atoms with Gasteiger partial charge in [0.2, 0.25) is 0 Å². The van der Waals surface area contributed by atoms with Gasteiger partial charge in [0.25, 0.3) is 0 Å². The van der Waals surface area contributed by atoms with Gasteiger partial charge in [-0.3, -0.25) is 0 Å². The van der Waals surface area contributed by atoms with Gasteiger partial charge in [-0.15, -0.1) is 0 Å². The van der Waals surface area contributed by atoms with E-state index in [1.54, 1.807) is 0 Å². The second-order valence-corrected chi connectivity index (χ2v) is 6.35. The fourth-order valence-electron chi connectivity index (χ4n) is 1.09. The number of rotatable bonds is 7. The van der Waals surface area contributed by atoms with E-state index in [1.807, 2.05) is 0 Å². The second-order valence-electron chi connectivity index (χ2n) is 4.04. The zero-order valence-corrected chi connectivity index (χ0v) is 9.86. The van der Waals surface area contributed by atoms with Crippen LogP contribution in [0.3, 0.4) is 0 Å². The summed E-state index contributed by atoms with van der Waals surface area (Å²) in [6.07, 6.45) is 3.74. The van der Waals surface area contributed by atoms with Crippen LogP contribution in [0.25, 0.3) is 0 Å². The number of hydrogen-bond acceptors (Lipinski definition) is 2. The second kappa shape index (κ2) is 6.41. The molecule has 0 atom stereocenters. The van der Waals surface area contributed by atoms with Crippen molar-refractivity contribution in [3.05, 3.63) is 0 Å². The number of sulfone groups is 1. The highest BCUT2D eigenvalue weighted by Gasteiger charge is 2.10. The normalized spacial score (nSPS) is 12.3. The summed E-state index contributed by atoms with van der Waals surface area (Å²) in [7, 11) is -2.75. The Labute approximate surface area is 82.6 Å². The molecule has 0 radical (unpaired) electrons. The molecule has 0 heterocycles. The van der Waals surface area contributed by atoms with Gasteiger partial charge in [0, 0.05) is 0 Å². The molecule has 3 heteroatoms. The van der Waals surface area contributed by atoms with E-state index in [-0.39, 0.29) is 0 Å². The number of hydrogen-bond donors (Lipinski definition) is 0. The third-order valence-electron chi connectivity index (χ3n) is 2.07. The van der Waals surface area contributed by atoms with Crippen LogP contribution in [-0.4, -0.2) is 19.9 Å². The van der Waals surface area contributed by atoms with Gasteiger partial charge in [0.05, 0.1) is 11.5 Å². The quantitative estimate of drug-likeness (QED) is 0.600. The van der Waals surface area contributed by atoms with Gasteiger partial charge < -0.3 is 0 Å². The fourth-order valence-corrected chi connectivity index (χ4v) is 2.77. The fraction of sp³-hybridized carbons (Fsp3) is 1.00. The summed E-state index contributed by atoms with van der Waals surface area (Å²) >= 11 is 0. The minimum Gasteiger partial charge on any atom is -0.229 e. The lowest BCUT2D eigenvalue weighted by atomic mass is 10.2. The molecule has 0 aliphatic rings. The largest absolute Gasteiger partial charge is 0.229 e. The Hall–Kier alpha value is -0.0500. The average Bonchev–Trinajstić information content (AvgIpc) is 2.02. The maximum atomic E-state index is 11.4. The van der Waals surface area contributed by atoms with Crippen molar-refractivity contribution >= 4 is 9.84 Å². The van der Waals surface area contributed by atoms with E-state index in [2.05, 4.69) is 20.8 Å². The molecule has 2 nitrogen and oxygen atoms in total. The molecule has 0 saturated carbocycles.